The molecule has 0 bridgehead atoms. The van der Waals surface area contributed by atoms with E-state index in [2.05, 4.69) is 181 Å². The Hall–Kier alpha value is -6.64. The van der Waals surface area contributed by atoms with Crippen LogP contribution in [0.1, 0.15) is 0 Å². The van der Waals surface area contributed by atoms with Crippen LogP contribution in [0.2, 0.25) is 0 Å². The van der Waals surface area contributed by atoms with Crippen molar-refractivity contribution in [2.75, 3.05) is 4.90 Å². The Morgan fingerprint density at radius 1 is 0.320 bits per heavy atom. The van der Waals surface area contributed by atoms with Crippen LogP contribution in [0.5, 0.6) is 0 Å². The van der Waals surface area contributed by atoms with Gasteiger partial charge in [0.25, 0.3) is 0 Å². The zero-order valence-corrected chi connectivity index (χ0v) is 27.3. The normalized spacial score (nSPS) is 11.6. The summed E-state index contributed by atoms with van der Waals surface area (Å²) in [4.78, 5) is 2.33. The number of nitrogens with zero attached hydrogens (tertiary/aromatic N) is 1. The molecule has 0 aliphatic heterocycles. The monoisotopic (exact) mass is 637 g/mol. The third-order valence-electron chi connectivity index (χ3n) is 10.0. The topological polar surface area (TPSA) is 16.4 Å². The molecule has 10 aromatic rings. The van der Waals surface area contributed by atoms with E-state index in [1.54, 1.807) is 0 Å². The Morgan fingerprint density at radius 2 is 0.900 bits per heavy atom. The second-order valence-corrected chi connectivity index (χ2v) is 12.9. The van der Waals surface area contributed by atoms with Gasteiger partial charge in [-0.15, -0.1) is 0 Å². The summed E-state index contributed by atoms with van der Waals surface area (Å²) in [5.41, 5.74) is 10.0. The summed E-state index contributed by atoms with van der Waals surface area (Å²) in [5.74, 6) is 0. The van der Waals surface area contributed by atoms with E-state index >= 15 is 0 Å². The maximum atomic E-state index is 6.14. The van der Waals surface area contributed by atoms with E-state index in [0.717, 1.165) is 33.6 Å². The fourth-order valence-corrected chi connectivity index (χ4v) is 7.64. The lowest BCUT2D eigenvalue weighted by Crippen LogP contribution is -2.09. The molecule has 0 amide bonds. The summed E-state index contributed by atoms with van der Waals surface area (Å²) in [7, 11) is 0. The predicted molar refractivity (Wildman–Crippen MR) is 212 cm³/mol. The highest BCUT2D eigenvalue weighted by atomic mass is 16.3. The van der Waals surface area contributed by atoms with E-state index in [0.29, 0.717) is 0 Å². The number of anilines is 3. The van der Waals surface area contributed by atoms with E-state index in [9.17, 15) is 0 Å². The van der Waals surface area contributed by atoms with E-state index in [1.807, 2.05) is 12.1 Å². The third-order valence-corrected chi connectivity index (χ3v) is 10.0. The Balaban J connectivity index is 1.02. The second kappa shape index (κ2) is 11.5. The zero-order chi connectivity index (χ0) is 33.0. The minimum atomic E-state index is 0.925. The van der Waals surface area contributed by atoms with Gasteiger partial charge in [-0.25, -0.2) is 0 Å². The first kappa shape index (κ1) is 28.4. The first-order valence-electron chi connectivity index (χ1n) is 17.1. The SMILES string of the molecule is c1ccc(N(c2ccc(-c3ccc4c(ccc5oc6ccccc6c54)c3)cc2)c2ccc(-c3cc4ccccc4c4ccccc34)cc2)cc1. The van der Waals surface area contributed by atoms with Crippen molar-refractivity contribution in [2.45, 2.75) is 0 Å². The molecular weight excluding hydrogens is 607 g/mol. The number of hydrogen-bond donors (Lipinski definition) is 0. The Bertz CT molecular complexity index is 2850. The summed E-state index contributed by atoms with van der Waals surface area (Å²) in [6.45, 7) is 0. The van der Waals surface area contributed by atoms with Crippen LogP contribution < -0.4 is 4.90 Å². The number of fused-ring (bicyclic) bond motifs is 8. The third kappa shape index (κ3) is 4.65. The number of furan rings is 1. The number of benzene rings is 9. The van der Waals surface area contributed by atoms with Crippen molar-refractivity contribution in [1.82, 2.24) is 0 Å². The molecule has 0 N–H and O–H groups in total. The van der Waals surface area contributed by atoms with Crippen LogP contribution >= 0.6 is 0 Å². The van der Waals surface area contributed by atoms with Crippen molar-refractivity contribution in [3.8, 4) is 22.3 Å². The smallest absolute Gasteiger partial charge is 0.136 e. The summed E-state index contributed by atoms with van der Waals surface area (Å²) in [6, 6.07) is 67.5. The fraction of sp³-hybridized carbons (Fsp3) is 0. The molecule has 0 fully saturated rings. The Morgan fingerprint density at radius 3 is 1.68 bits per heavy atom. The van der Waals surface area contributed by atoms with Gasteiger partial charge in [0.15, 0.2) is 0 Å². The standard InChI is InChI=1S/C48H31NO/c1-2-11-37(12-3-1)49(39-26-20-33(21-27-39)45-31-35-10-4-5-13-40(35)42-14-6-7-15-43(42)45)38-24-18-32(19-25-38)34-22-28-41-36(30-34)23-29-47-48(41)44-16-8-9-17-46(44)50-47/h1-31H. The van der Waals surface area contributed by atoms with Crippen molar-refractivity contribution >= 4 is 71.3 Å². The molecule has 9 aromatic carbocycles. The molecule has 2 nitrogen and oxygen atoms in total. The van der Waals surface area contributed by atoms with Crippen LogP contribution in [0.15, 0.2) is 192 Å². The quantitative estimate of drug-likeness (QED) is 0.175. The Labute approximate surface area is 290 Å². The van der Waals surface area contributed by atoms with Crippen molar-refractivity contribution < 1.29 is 4.42 Å². The fourth-order valence-electron chi connectivity index (χ4n) is 7.64. The van der Waals surface area contributed by atoms with Crippen LogP contribution in [0, 0.1) is 0 Å². The summed E-state index contributed by atoms with van der Waals surface area (Å²) < 4.78 is 6.14. The van der Waals surface area contributed by atoms with Crippen LogP contribution in [0.25, 0.3) is 76.5 Å². The van der Waals surface area contributed by atoms with Crippen LogP contribution in [0.3, 0.4) is 0 Å². The highest BCUT2D eigenvalue weighted by Gasteiger charge is 2.15. The minimum Gasteiger partial charge on any atom is -0.456 e. The predicted octanol–water partition coefficient (Wildman–Crippen LogP) is 13.8. The van der Waals surface area contributed by atoms with Gasteiger partial charge < -0.3 is 9.32 Å². The molecule has 10 rings (SSSR count). The van der Waals surface area contributed by atoms with Gasteiger partial charge in [-0.3, -0.25) is 0 Å². The van der Waals surface area contributed by atoms with Crippen molar-refractivity contribution in [3.05, 3.63) is 188 Å². The van der Waals surface area contributed by atoms with Crippen molar-refractivity contribution in [3.63, 3.8) is 0 Å². The van der Waals surface area contributed by atoms with Crippen LogP contribution in [-0.2, 0) is 0 Å². The second-order valence-electron chi connectivity index (χ2n) is 12.9. The number of para-hydroxylation sites is 2. The minimum absolute atomic E-state index is 0.925. The lowest BCUT2D eigenvalue weighted by atomic mass is 9.93. The molecule has 0 radical (unpaired) electrons. The van der Waals surface area contributed by atoms with Gasteiger partial charge in [0.1, 0.15) is 11.2 Å². The van der Waals surface area contributed by atoms with Gasteiger partial charge >= 0.3 is 0 Å². The highest BCUT2D eigenvalue weighted by Crippen LogP contribution is 2.40. The summed E-state index contributed by atoms with van der Waals surface area (Å²) in [5, 5.41) is 9.85. The largest absolute Gasteiger partial charge is 0.456 e. The highest BCUT2D eigenvalue weighted by molar-refractivity contribution is 6.19. The van der Waals surface area contributed by atoms with E-state index in [4.69, 9.17) is 4.42 Å². The molecule has 0 aliphatic rings. The number of rotatable bonds is 5. The molecule has 2 heteroatoms. The van der Waals surface area contributed by atoms with E-state index in [1.165, 1.54) is 60.0 Å². The average molecular weight is 638 g/mol. The lowest BCUT2D eigenvalue weighted by Gasteiger charge is -2.26. The van der Waals surface area contributed by atoms with E-state index < -0.39 is 0 Å². The van der Waals surface area contributed by atoms with Gasteiger partial charge in [-0.1, -0.05) is 127 Å². The lowest BCUT2D eigenvalue weighted by molar-refractivity contribution is 0.669. The molecule has 234 valence electrons. The van der Waals surface area contributed by atoms with Crippen LogP contribution in [-0.4, -0.2) is 0 Å². The van der Waals surface area contributed by atoms with Crippen molar-refractivity contribution in [1.29, 1.82) is 0 Å². The van der Waals surface area contributed by atoms with Gasteiger partial charge in [-0.2, -0.15) is 0 Å². The van der Waals surface area contributed by atoms with Gasteiger partial charge in [0.05, 0.1) is 0 Å². The molecule has 0 saturated heterocycles. The van der Waals surface area contributed by atoms with E-state index in [-0.39, 0.29) is 0 Å². The maximum Gasteiger partial charge on any atom is 0.136 e. The summed E-state index contributed by atoms with van der Waals surface area (Å²) in [6.07, 6.45) is 0. The molecule has 50 heavy (non-hydrogen) atoms. The maximum absolute atomic E-state index is 6.14. The summed E-state index contributed by atoms with van der Waals surface area (Å²) >= 11 is 0. The molecule has 1 aromatic heterocycles. The molecule has 0 spiro atoms. The molecule has 0 atom stereocenters. The van der Waals surface area contributed by atoms with Crippen LogP contribution in [0.4, 0.5) is 17.1 Å². The van der Waals surface area contributed by atoms with Gasteiger partial charge in [0.2, 0.25) is 0 Å². The first-order chi connectivity index (χ1) is 24.8. The molecule has 0 unspecified atom stereocenters. The first-order valence-corrected chi connectivity index (χ1v) is 17.1. The molecule has 1 heterocycles. The molecular formula is C48H31NO. The van der Waals surface area contributed by atoms with Gasteiger partial charge in [-0.05, 0) is 115 Å². The molecule has 0 saturated carbocycles. The molecule has 0 aliphatic carbocycles. The zero-order valence-electron chi connectivity index (χ0n) is 27.3. The average Bonchev–Trinajstić information content (AvgIpc) is 3.58. The van der Waals surface area contributed by atoms with Crippen molar-refractivity contribution in [2.24, 2.45) is 0 Å². The van der Waals surface area contributed by atoms with Gasteiger partial charge in [0, 0.05) is 27.8 Å². The number of hydrogen-bond acceptors (Lipinski definition) is 2. The Kier molecular flexibility index (Phi) is 6.53.